The lowest BCUT2D eigenvalue weighted by Gasteiger charge is -2.11. The van der Waals surface area contributed by atoms with Gasteiger partial charge < -0.3 is 9.84 Å². The van der Waals surface area contributed by atoms with Crippen molar-refractivity contribution in [2.24, 2.45) is 0 Å². The minimum Gasteiger partial charge on any atom is -0.478 e. The molecule has 2 aromatic carbocycles. The third-order valence-electron chi connectivity index (χ3n) is 3.98. The monoisotopic (exact) mass is 424 g/mol. The number of aromatic nitrogens is 2. The number of hydrogen-bond acceptors (Lipinski definition) is 4. The summed E-state index contributed by atoms with van der Waals surface area (Å²) in [6.07, 6.45) is 1.04. The second-order valence-corrected chi connectivity index (χ2v) is 6.28. The van der Waals surface area contributed by atoms with E-state index < -0.39 is 39.6 Å². The topological polar surface area (TPSA) is 81.4 Å². The van der Waals surface area contributed by atoms with Crippen LogP contribution in [-0.4, -0.2) is 20.6 Å². The summed E-state index contributed by atoms with van der Waals surface area (Å²) < 4.78 is 47.0. The molecule has 0 bridgehead atoms. The zero-order valence-electron chi connectivity index (χ0n) is 14.5. The fraction of sp³-hybridized carbons (Fsp3) is 0.105. The number of nitrogens with zero attached hydrogens (tertiary/aromatic N) is 2. The van der Waals surface area contributed by atoms with Gasteiger partial charge in [0.1, 0.15) is 30.4 Å². The lowest BCUT2D eigenvalue weighted by atomic mass is 10.1. The Morgan fingerprint density at radius 2 is 1.93 bits per heavy atom. The first-order chi connectivity index (χ1) is 13.8. The lowest BCUT2D eigenvalue weighted by molar-refractivity contribution is 0.0691. The Hall–Kier alpha value is -3.33. The van der Waals surface area contributed by atoms with E-state index in [9.17, 15) is 22.8 Å². The van der Waals surface area contributed by atoms with Gasteiger partial charge in [-0.15, -0.1) is 0 Å². The number of hydrogen-bond donors (Lipinski definition) is 1. The maximum absolute atomic E-state index is 14.3. The summed E-state index contributed by atoms with van der Waals surface area (Å²) in [5.41, 5.74) is -1.32. The van der Waals surface area contributed by atoms with Crippen LogP contribution in [0, 0.1) is 17.5 Å². The van der Waals surface area contributed by atoms with E-state index in [4.69, 9.17) is 21.4 Å². The molecule has 0 saturated carbocycles. The number of ether oxygens (including phenoxy) is 1. The summed E-state index contributed by atoms with van der Waals surface area (Å²) in [6, 6.07) is 6.68. The van der Waals surface area contributed by atoms with Gasteiger partial charge in [-0.3, -0.25) is 9.36 Å². The molecule has 0 unspecified atom stereocenters. The molecule has 3 aromatic rings. The van der Waals surface area contributed by atoms with Crippen LogP contribution >= 0.6 is 11.6 Å². The summed E-state index contributed by atoms with van der Waals surface area (Å²) in [5.74, 6) is -4.27. The Labute approximate surface area is 166 Å². The molecule has 0 aliphatic heterocycles. The number of carboxylic acids is 1. The summed E-state index contributed by atoms with van der Waals surface area (Å²) in [5, 5.41) is 8.55. The third-order valence-corrected chi connectivity index (χ3v) is 4.30. The number of rotatable bonds is 6. The summed E-state index contributed by atoms with van der Waals surface area (Å²) in [4.78, 5) is 27.3. The highest BCUT2D eigenvalue weighted by Gasteiger charge is 2.17. The van der Waals surface area contributed by atoms with E-state index in [1.54, 1.807) is 0 Å². The van der Waals surface area contributed by atoms with E-state index in [1.807, 2.05) is 0 Å². The van der Waals surface area contributed by atoms with Crippen molar-refractivity contribution in [3.05, 3.63) is 92.2 Å². The molecular weight excluding hydrogens is 413 g/mol. The van der Waals surface area contributed by atoms with Crippen molar-refractivity contribution in [1.29, 1.82) is 0 Å². The first-order valence-corrected chi connectivity index (χ1v) is 8.48. The van der Waals surface area contributed by atoms with Gasteiger partial charge in [0, 0.05) is 17.2 Å². The van der Waals surface area contributed by atoms with E-state index >= 15 is 0 Å². The van der Waals surface area contributed by atoms with Crippen LogP contribution in [0.5, 0.6) is 5.88 Å². The second-order valence-electron chi connectivity index (χ2n) is 5.90. The molecule has 29 heavy (non-hydrogen) atoms. The Kier molecular flexibility index (Phi) is 5.88. The molecule has 150 valence electrons. The van der Waals surface area contributed by atoms with Crippen LogP contribution in [-0.2, 0) is 13.2 Å². The van der Waals surface area contributed by atoms with Crippen molar-refractivity contribution in [2.45, 2.75) is 13.2 Å². The highest BCUT2D eigenvalue weighted by atomic mass is 35.5. The van der Waals surface area contributed by atoms with Crippen molar-refractivity contribution >= 4 is 17.6 Å². The molecule has 1 heterocycles. The van der Waals surface area contributed by atoms with E-state index in [2.05, 4.69) is 4.98 Å². The highest BCUT2D eigenvalue weighted by Crippen LogP contribution is 2.20. The van der Waals surface area contributed by atoms with Gasteiger partial charge >= 0.3 is 5.97 Å². The molecule has 0 aliphatic carbocycles. The minimum absolute atomic E-state index is 0.0287. The lowest BCUT2D eigenvalue weighted by Crippen LogP contribution is -2.23. The van der Waals surface area contributed by atoms with Gasteiger partial charge in [-0.25, -0.2) is 22.9 Å². The zero-order chi connectivity index (χ0) is 21.1. The van der Waals surface area contributed by atoms with Crippen LogP contribution < -0.4 is 10.3 Å². The molecule has 0 fully saturated rings. The average molecular weight is 425 g/mol. The number of carbonyl (C=O) groups is 1. The van der Waals surface area contributed by atoms with Crippen LogP contribution in [0.4, 0.5) is 13.2 Å². The van der Waals surface area contributed by atoms with Gasteiger partial charge in [-0.2, -0.15) is 0 Å². The molecule has 3 rings (SSSR count). The Morgan fingerprint density at radius 3 is 2.62 bits per heavy atom. The van der Waals surface area contributed by atoms with Gasteiger partial charge in [0.25, 0.3) is 5.56 Å². The van der Waals surface area contributed by atoms with Crippen LogP contribution in [0.25, 0.3) is 0 Å². The van der Waals surface area contributed by atoms with Gasteiger partial charge in [0.15, 0.2) is 5.02 Å². The van der Waals surface area contributed by atoms with Crippen LogP contribution in [0.1, 0.15) is 21.5 Å². The summed E-state index contributed by atoms with van der Waals surface area (Å²) >= 11 is 5.95. The molecule has 0 aliphatic rings. The number of benzene rings is 2. The third kappa shape index (κ3) is 4.40. The first kappa shape index (κ1) is 20.4. The molecule has 0 amide bonds. The van der Waals surface area contributed by atoms with Crippen molar-refractivity contribution in [3.8, 4) is 5.88 Å². The molecule has 0 radical (unpaired) electrons. The van der Waals surface area contributed by atoms with Gasteiger partial charge in [-0.1, -0.05) is 23.7 Å². The molecule has 0 saturated heterocycles. The second kappa shape index (κ2) is 8.36. The summed E-state index contributed by atoms with van der Waals surface area (Å²) in [7, 11) is 0. The normalized spacial score (nSPS) is 10.8. The first-order valence-electron chi connectivity index (χ1n) is 8.10. The summed E-state index contributed by atoms with van der Waals surface area (Å²) in [6.45, 7) is -0.664. The smallest absolute Gasteiger partial charge is 0.338 e. The van der Waals surface area contributed by atoms with E-state index in [-0.39, 0.29) is 30.2 Å². The quantitative estimate of drug-likeness (QED) is 0.653. The Balaban J connectivity index is 1.82. The number of aromatic carboxylic acids is 1. The van der Waals surface area contributed by atoms with Crippen LogP contribution in [0.3, 0.4) is 0 Å². The van der Waals surface area contributed by atoms with Crippen LogP contribution in [0.15, 0.2) is 47.5 Å². The van der Waals surface area contributed by atoms with Crippen LogP contribution in [0.2, 0.25) is 5.02 Å². The largest absolute Gasteiger partial charge is 0.478 e. The number of halogens is 4. The maximum Gasteiger partial charge on any atom is 0.338 e. The maximum atomic E-state index is 14.3. The Morgan fingerprint density at radius 1 is 1.17 bits per heavy atom. The average Bonchev–Trinajstić information content (AvgIpc) is 2.67. The molecular formula is C19H12ClF3N2O4. The standard InChI is InChI=1S/C19H12ClF3N2O4/c20-15-17(29-8-11-4-5-12(21)6-14(11)22)24-9-25(18(15)26)7-10-2-1-3-13(16(10)23)19(27)28/h1-6,9H,7-8H2,(H,27,28). The SMILES string of the molecule is O=C(O)c1cccc(Cn2cnc(OCc3ccc(F)cc3F)c(Cl)c2=O)c1F. The minimum atomic E-state index is -1.44. The molecule has 6 nitrogen and oxygen atoms in total. The number of carboxylic acid groups (broad SMARTS) is 1. The fourth-order valence-corrected chi connectivity index (χ4v) is 2.71. The van der Waals surface area contributed by atoms with E-state index in [0.29, 0.717) is 6.07 Å². The predicted octanol–water partition coefficient (Wildman–Crippen LogP) is 3.64. The van der Waals surface area contributed by atoms with E-state index in [0.717, 1.165) is 23.0 Å². The molecule has 0 atom stereocenters. The van der Waals surface area contributed by atoms with Gasteiger partial charge in [0.05, 0.1) is 12.1 Å². The zero-order valence-corrected chi connectivity index (χ0v) is 15.3. The molecule has 1 aromatic heterocycles. The van der Waals surface area contributed by atoms with Crippen molar-refractivity contribution in [3.63, 3.8) is 0 Å². The van der Waals surface area contributed by atoms with Crippen molar-refractivity contribution in [1.82, 2.24) is 9.55 Å². The van der Waals surface area contributed by atoms with Crippen molar-refractivity contribution in [2.75, 3.05) is 0 Å². The van der Waals surface area contributed by atoms with E-state index in [1.165, 1.54) is 18.2 Å². The Bertz CT molecular complexity index is 1150. The van der Waals surface area contributed by atoms with Gasteiger partial charge in [0.2, 0.25) is 5.88 Å². The molecule has 0 spiro atoms. The van der Waals surface area contributed by atoms with Crippen molar-refractivity contribution < 1.29 is 27.8 Å². The molecule has 10 heteroatoms. The fourth-order valence-electron chi connectivity index (χ4n) is 2.50. The predicted molar refractivity (Wildman–Crippen MR) is 96.7 cm³/mol. The van der Waals surface area contributed by atoms with Gasteiger partial charge in [-0.05, 0) is 18.2 Å². The highest BCUT2D eigenvalue weighted by molar-refractivity contribution is 6.31. The molecule has 1 N–H and O–H groups in total.